The van der Waals surface area contributed by atoms with E-state index in [4.69, 9.17) is 0 Å². The van der Waals surface area contributed by atoms with E-state index in [1.807, 2.05) is 0 Å². The third kappa shape index (κ3) is 1.17. The van der Waals surface area contributed by atoms with Crippen LogP contribution < -0.4 is 0 Å². The van der Waals surface area contributed by atoms with Gasteiger partial charge >= 0.3 is 0 Å². The van der Waals surface area contributed by atoms with E-state index in [2.05, 4.69) is 13.5 Å². The van der Waals surface area contributed by atoms with Crippen molar-refractivity contribution >= 4 is 0 Å². The molecule has 0 aromatic carbocycles. The lowest BCUT2D eigenvalue weighted by Crippen LogP contribution is -2.22. The molecule has 0 bridgehead atoms. The summed E-state index contributed by atoms with van der Waals surface area (Å²) in [5, 5.41) is 10.1. The van der Waals surface area contributed by atoms with Crippen LogP contribution >= 0.6 is 0 Å². The molecule has 1 unspecified atom stereocenters. The summed E-state index contributed by atoms with van der Waals surface area (Å²) in [5.74, 6) is 0.626. The van der Waals surface area contributed by atoms with E-state index in [-0.39, 0.29) is 11.5 Å². The molecule has 0 aliphatic heterocycles. The van der Waals surface area contributed by atoms with Crippen molar-refractivity contribution in [3.05, 3.63) is 12.2 Å². The van der Waals surface area contributed by atoms with Crippen LogP contribution in [-0.2, 0) is 0 Å². The average molecular weight is 180 g/mol. The van der Waals surface area contributed by atoms with Crippen molar-refractivity contribution < 1.29 is 5.11 Å². The molecule has 2 aliphatic rings. The van der Waals surface area contributed by atoms with Gasteiger partial charge in [-0.05, 0) is 25.2 Å². The summed E-state index contributed by atoms with van der Waals surface area (Å²) in [6.07, 6.45) is 7.03. The van der Waals surface area contributed by atoms with Gasteiger partial charge in [0.1, 0.15) is 0 Å². The van der Waals surface area contributed by atoms with Gasteiger partial charge in [-0.2, -0.15) is 0 Å². The predicted octanol–water partition coefficient (Wildman–Crippen LogP) is 2.89. The lowest BCUT2D eigenvalue weighted by atomic mass is 9.90. The van der Waals surface area contributed by atoms with Crippen molar-refractivity contribution in [1.29, 1.82) is 0 Å². The molecule has 1 spiro atoms. The second-order valence-electron chi connectivity index (χ2n) is 4.64. The Balaban J connectivity index is 2.16. The van der Waals surface area contributed by atoms with Gasteiger partial charge in [-0.15, -0.1) is 0 Å². The van der Waals surface area contributed by atoms with Gasteiger partial charge in [0.2, 0.25) is 0 Å². The van der Waals surface area contributed by atoms with Crippen LogP contribution in [0.3, 0.4) is 0 Å². The highest BCUT2D eigenvalue weighted by Crippen LogP contribution is 2.65. The zero-order valence-electron chi connectivity index (χ0n) is 8.55. The lowest BCUT2D eigenvalue weighted by Gasteiger charge is -2.20. The highest BCUT2D eigenvalue weighted by atomic mass is 16.3. The number of rotatable bonds is 1. The fourth-order valence-electron chi connectivity index (χ4n) is 3.28. The summed E-state index contributed by atoms with van der Waals surface area (Å²) in [6.45, 7) is 6.34. The number of hydrogen-bond donors (Lipinski definition) is 1. The van der Waals surface area contributed by atoms with Crippen molar-refractivity contribution in [1.82, 2.24) is 0 Å². The van der Waals surface area contributed by atoms with Gasteiger partial charge in [0.05, 0.1) is 6.10 Å². The molecule has 0 saturated heterocycles. The van der Waals surface area contributed by atoms with Crippen molar-refractivity contribution in [2.45, 2.75) is 51.6 Å². The van der Waals surface area contributed by atoms with Crippen LogP contribution in [0.1, 0.15) is 45.4 Å². The zero-order chi connectivity index (χ0) is 9.47. The van der Waals surface area contributed by atoms with Gasteiger partial charge in [-0.1, -0.05) is 38.3 Å². The maximum absolute atomic E-state index is 10.1. The second kappa shape index (κ2) is 3.13. The minimum absolute atomic E-state index is 0.0903. The topological polar surface area (TPSA) is 20.2 Å². The maximum Gasteiger partial charge on any atom is 0.0639 e. The molecule has 0 amide bonds. The standard InChI is InChI=1S/C12H20O/c1-3-10-9(2)12(10)8-6-4-5-7-11(12)13/h10-11,13H,2-8H2,1H3/t10?,11-,12-/m1/s1. The van der Waals surface area contributed by atoms with E-state index in [1.54, 1.807) is 0 Å². The SMILES string of the molecule is C=C1C(CC)[C@@]12CCCCC[C@H]2O. The van der Waals surface area contributed by atoms with E-state index in [0.717, 1.165) is 12.8 Å². The Bertz CT molecular complexity index is 221. The van der Waals surface area contributed by atoms with Gasteiger partial charge in [0.15, 0.2) is 0 Å². The molecule has 1 heteroatoms. The molecule has 2 fully saturated rings. The van der Waals surface area contributed by atoms with E-state index in [9.17, 15) is 5.11 Å². The monoisotopic (exact) mass is 180 g/mol. The molecular formula is C12H20O. The summed E-state index contributed by atoms with van der Waals surface area (Å²) in [6, 6.07) is 0. The van der Waals surface area contributed by atoms with Crippen molar-refractivity contribution in [3.8, 4) is 0 Å². The van der Waals surface area contributed by atoms with E-state index in [1.165, 1.54) is 31.3 Å². The molecule has 1 nitrogen and oxygen atoms in total. The molecule has 0 radical (unpaired) electrons. The molecule has 2 saturated carbocycles. The third-order valence-electron chi connectivity index (χ3n) is 4.13. The first-order valence-corrected chi connectivity index (χ1v) is 5.60. The highest BCUT2D eigenvalue weighted by Gasteiger charge is 2.60. The Morgan fingerprint density at radius 2 is 2.23 bits per heavy atom. The Morgan fingerprint density at radius 3 is 2.85 bits per heavy atom. The van der Waals surface area contributed by atoms with Crippen LogP contribution in [-0.4, -0.2) is 11.2 Å². The van der Waals surface area contributed by atoms with Crippen LogP contribution in [0.4, 0.5) is 0 Å². The molecular weight excluding hydrogens is 160 g/mol. The summed E-state index contributed by atoms with van der Waals surface area (Å²) in [4.78, 5) is 0. The molecule has 2 rings (SSSR count). The van der Waals surface area contributed by atoms with Crippen molar-refractivity contribution in [3.63, 3.8) is 0 Å². The Hall–Kier alpha value is -0.300. The molecule has 0 aromatic heterocycles. The molecule has 0 heterocycles. The number of hydrogen-bond acceptors (Lipinski definition) is 1. The second-order valence-corrected chi connectivity index (χ2v) is 4.64. The maximum atomic E-state index is 10.1. The Kier molecular flexibility index (Phi) is 2.23. The normalized spacial score (nSPS) is 44.9. The van der Waals surface area contributed by atoms with Crippen LogP contribution in [0.5, 0.6) is 0 Å². The molecule has 2 aliphatic carbocycles. The fraction of sp³-hybridized carbons (Fsp3) is 0.833. The largest absolute Gasteiger partial charge is 0.392 e. The smallest absolute Gasteiger partial charge is 0.0639 e. The first kappa shape index (κ1) is 9.26. The van der Waals surface area contributed by atoms with Crippen LogP contribution in [0.25, 0.3) is 0 Å². The minimum atomic E-state index is -0.0903. The first-order chi connectivity index (χ1) is 6.23. The zero-order valence-corrected chi connectivity index (χ0v) is 8.55. The summed E-state index contributed by atoms with van der Waals surface area (Å²) >= 11 is 0. The minimum Gasteiger partial charge on any atom is -0.392 e. The van der Waals surface area contributed by atoms with Crippen molar-refractivity contribution in [2.75, 3.05) is 0 Å². The molecule has 0 aromatic rings. The van der Waals surface area contributed by atoms with Crippen LogP contribution in [0, 0.1) is 11.3 Å². The quantitative estimate of drug-likeness (QED) is 0.615. The van der Waals surface area contributed by atoms with Gasteiger partial charge < -0.3 is 5.11 Å². The van der Waals surface area contributed by atoms with E-state index >= 15 is 0 Å². The van der Waals surface area contributed by atoms with Gasteiger partial charge in [-0.3, -0.25) is 0 Å². The number of aliphatic hydroxyl groups excluding tert-OH is 1. The highest BCUT2D eigenvalue weighted by molar-refractivity contribution is 5.37. The third-order valence-corrected chi connectivity index (χ3v) is 4.13. The molecule has 13 heavy (non-hydrogen) atoms. The summed E-state index contributed by atoms with van der Waals surface area (Å²) in [7, 11) is 0. The summed E-state index contributed by atoms with van der Waals surface area (Å²) < 4.78 is 0. The average Bonchev–Trinajstić information content (AvgIpc) is 2.75. The van der Waals surface area contributed by atoms with Gasteiger partial charge in [0.25, 0.3) is 0 Å². The summed E-state index contributed by atoms with van der Waals surface area (Å²) in [5.41, 5.74) is 1.50. The first-order valence-electron chi connectivity index (χ1n) is 5.60. The fourth-order valence-corrected chi connectivity index (χ4v) is 3.28. The molecule has 3 atom stereocenters. The molecule has 1 N–H and O–H groups in total. The Labute approximate surface area is 80.8 Å². The van der Waals surface area contributed by atoms with E-state index in [0.29, 0.717) is 5.92 Å². The Morgan fingerprint density at radius 1 is 1.46 bits per heavy atom. The van der Waals surface area contributed by atoms with E-state index < -0.39 is 0 Å². The predicted molar refractivity (Wildman–Crippen MR) is 54.4 cm³/mol. The molecule has 74 valence electrons. The van der Waals surface area contributed by atoms with Crippen molar-refractivity contribution in [2.24, 2.45) is 11.3 Å². The number of aliphatic hydroxyl groups is 1. The van der Waals surface area contributed by atoms with Crippen LogP contribution in [0.2, 0.25) is 0 Å². The van der Waals surface area contributed by atoms with Gasteiger partial charge in [0, 0.05) is 5.41 Å². The lowest BCUT2D eigenvalue weighted by molar-refractivity contribution is 0.0812. The van der Waals surface area contributed by atoms with Gasteiger partial charge in [-0.25, -0.2) is 0 Å². The van der Waals surface area contributed by atoms with Crippen LogP contribution in [0.15, 0.2) is 12.2 Å².